The smallest absolute Gasteiger partial charge is 0.260 e. The Kier molecular flexibility index (Phi) is 6.08. The fourth-order valence-corrected chi connectivity index (χ4v) is 3.28. The van der Waals surface area contributed by atoms with Crippen LogP contribution in [0.5, 0.6) is 5.75 Å². The number of halogens is 2. The molecule has 0 atom stereocenters. The van der Waals surface area contributed by atoms with E-state index in [-0.39, 0.29) is 23.8 Å². The summed E-state index contributed by atoms with van der Waals surface area (Å²) in [4.78, 5) is 27.8. The number of carbonyl (C=O) groups is 2. The second-order valence-electron chi connectivity index (χ2n) is 6.14. The van der Waals surface area contributed by atoms with Crippen LogP contribution in [-0.2, 0) is 4.79 Å². The van der Waals surface area contributed by atoms with Crippen molar-refractivity contribution in [3.05, 3.63) is 58.1 Å². The van der Waals surface area contributed by atoms with Crippen LogP contribution in [0.15, 0.2) is 42.5 Å². The van der Waals surface area contributed by atoms with Gasteiger partial charge in [0.05, 0.1) is 5.56 Å². The van der Waals surface area contributed by atoms with E-state index in [1.54, 1.807) is 11.0 Å². The van der Waals surface area contributed by atoms with Crippen LogP contribution in [0.25, 0.3) is 0 Å². The third kappa shape index (κ3) is 4.84. The van der Waals surface area contributed by atoms with Gasteiger partial charge < -0.3 is 20.3 Å². The van der Waals surface area contributed by atoms with Gasteiger partial charge in [-0.15, -0.1) is 0 Å². The molecule has 1 fully saturated rings. The van der Waals surface area contributed by atoms with E-state index in [1.165, 1.54) is 12.1 Å². The van der Waals surface area contributed by atoms with Crippen molar-refractivity contribution in [2.75, 3.05) is 37.7 Å². The third-order valence-electron chi connectivity index (χ3n) is 4.37. The van der Waals surface area contributed by atoms with Crippen molar-refractivity contribution in [2.45, 2.75) is 0 Å². The predicted octanol–water partition coefficient (Wildman–Crippen LogP) is 2.82. The lowest BCUT2D eigenvalue weighted by Gasteiger charge is -2.36. The summed E-state index contributed by atoms with van der Waals surface area (Å²) < 4.78 is 5.51. The average molecular weight is 408 g/mol. The highest BCUT2D eigenvalue weighted by atomic mass is 35.5. The van der Waals surface area contributed by atoms with Gasteiger partial charge in [-0.3, -0.25) is 9.59 Å². The Morgan fingerprint density at radius 3 is 2.37 bits per heavy atom. The first kappa shape index (κ1) is 19.3. The van der Waals surface area contributed by atoms with Crippen LogP contribution in [0.3, 0.4) is 0 Å². The Bertz CT molecular complexity index is 852. The maximum Gasteiger partial charge on any atom is 0.260 e. The van der Waals surface area contributed by atoms with Crippen molar-refractivity contribution >= 4 is 40.7 Å². The first-order valence-corrected chi connectivity index (χ1v) is 9.20. The number of piperazine rings is 1. The van der Waals surface area contributed by atoms with Crippen LogP contribution in [0.4, 0.5) is 5.69 Å². The van der Waals surface area contributed by atoms with Gasteiger partial charge in [-0.1, -0.05) is 29.3 Å². The molecule has 0 spiro atoms. The number of amides is 2. The first-order valence-electron chi connectivity index (χ1n) is 8.44. The summed E-state index contributed by atoms with van der Waals surface area (Å²) in [6.45, 7) is 2.38. The van der Waals surface area contributed by atoms with Crippen LogP contribution < -0.4 is 15.4 Å². The van der Waals surface area contributed by atoms with Gasteiger partial charge in [0.1, 0.15) is 5.75 Å². The quantitative estimate of drug-likeness (QED) is 0.826. The van der Waals surface area contributed by atoms with Crippen LogP contribution in [0.1, 0.15) is 10.4 Å². The summed E-state index contributed by atoms with van der Waals surface area (Å²) in [5, 5.41) is 1.09. The maximum absolute atomic E-state index is 12.4. The Hall–Kier alpha value is -2.44. The highest BCUT2D eigenvalue weighted by molar-refractivity contribution is 6.31. The highest BCUT2D eigenvalue weighted by Crippen LogP contribution is 2.24. The molecule has 3 rings (SSSR count). The normalized spacial score (nSPS) is 14.1. The Labute approximate surface area is 167 Å². The minimum absolute atomic E-state index is 0.156. The van der Waals surface area contributed by atoms with Crippen molar-refractivity contribution in [1.82, 2.24) is 4.90 Å². The molecule has 1 aliphatic heterocycles. The fourth-order valence-electron chi connectivity index (χ4n) is 2.94. The van der Waals surface area contributed by atoms with E-state index in [0.29, 0.717) is 36.2 Å². The zero-order valence-corrected chi connectivity index (χ0v) is 16.0. The van der Waals surface area contributed by atoms with Crippen LogP contribution in [0, 0.1) is 0 Å². The molecule has 8 heteroatoms. The number of rotatable bonds is 5. The number of hydrogen-bond acceptors (Lipinski definition) is 4. The topological polar surface area (TPSA) is 75.9 Å². The van der Waals surface area contributed by atoms with Crippen molar-refractivity contribution in [2.24, 2.45) is 5.73 Å². The molecule has 0 radical (unpaired) electrons. The number of nitrogens with zero attached hydrogens (tertiary/aromatic N) is 2. The standard InChI is InChI=1S/C19H19Cl2N3O3/c20-13-2-1-3-15(10-13)23-6-8-24(9-7-23)18(25)12-27-17-11-14(21)4-5-16(17)19(22)26/h1-5,10-11H,6-9,12H2,(H2,22,26). The third-order valence-corrected chi connectivity index (χ3v) is 4.84. The second-order valence-corrected chi connectivity index (χ2v) is 7.01. The molecule has 2 aromatic rings. The lowest BCUT2D eigenvalue weighted by Crippen LogP contribution is -2.50. The SMILES string of the molecule is NC(=O)c1ccc(Cl)cc1OCC(=O)N1CCN(c2cccc(Cl)c2)CC1. The van der Waals surface area contributed by atoms with E-state index in [4.69, 9.17) is 33.7 Å². The summed E-state index contributed by atoms with van der Waals surface area (Å²) in [5.41, 5.74) is 6.55. The highest BCUT2D eigenvalue weighted by Gasteiger charge is 2.22. The van der Waals surface area contributed by atoms with Crippen LogP contribution >= 0.6 is 23.2 Å². The van der Waals surface area contributed by atoms with E-state index >= 15 is 0 Å². The average Bonchev–Trinajstić information content (AvgIpc) is 2.66. The van der Waals surface area contributed by atoms with E-state index in [0.717, 1.165) is 5.69 Å². The molecule has 0 aliphatic carbocycles. The van der Waals surface area contributed by atoms with E-state index in [9.17, 15) is 9.59 Å². The molecule has 1 heterocycles. The van der Waals surface area contributed by atoms with Crippen molar-refractivity contribution in [1.29, 1.82) is 0 Å². The molecule has 142 valence electrons. The molecule has 0 unspecified atom stereocenters. The van der Waals surface area contributed by atoms with Crippen molar-refractivity contribution in [3.8, 4) is 5.75 Å². The molecule has 2 aromatic carbocycles. The van der Waals surface area contributed by atoms with Gasteiger partial charge in [0, 0.05) is 41.9 Å². The van der Waals surface area contributed by atoms with Gasteiger partial charge in [0.15, 0.2) is 6.61 Å². The largest absolute Gasteiger partial charge is 0.483 e. The molecule has 27 heavy (non-hydrogen) atoms. The molecule has 0 bridgehead atoms. The zero-order chi connectivity index (χ0) is 19.4. The van der Waals surface area contributed by atoms with Gasteiger partial charge in [0.2, 0.25) is 0 Å². The zero-order valence-electron chi connectivity index (χ0n) is 14.5. The van der Waals surface area contributed by atoms with E-state index < -0.39 is 5.91 Å². The van der Waals surface area contributed by atoms with Gasteiger partial charge >= 0.3 is 0 Å². The Morgan fingerprint density at radius 2 is 1.70 bits per heavy atom. The van der Waals surface area contributed by atoms with E-state index in [1.807, 2.05) is 24.3 Å². The minimum Gasteiger partial charge on any atom is -0.483 e. The lowest BCUT2D eigenvalue weighted by atomic mass is 10.2. The van der Waals surface area contributed by atoms with Crippen LogP contribution in [-0.4, -0.2) is 49.5 Å². The molecule has 6 nitrogen and oxygen atoms in total. The number of primary amides is 1. The molecule has 2 N–H and O–H groups in total. The lowest BCUT2D eigenvalue weighted by molar-refractivity contribution is -0.133. The van der Waals surface area contributed by atoms with E-state index in [2.05, 4.69) is 4.90 Å². The summed E-state index contributed by atoms with van der Waals surface area (Å²) in [6.07, 6.45) is 0. The summed E-state index contributed by atoms with van der Waals surface area (Å²) >= 11 is 12.0. The van der Waals surface area contributed by atoms with Gasteiger partial charge in [-0.25, -0.2) is 0 Å². The molecule has 0 saturated carbocycles. The van der Waals surface area contributed by atoms with Crippen LogP contribution in [0.2, 0.25) is 10.0 Å². The maximum atomic E-state index is 12.4. The summed E-state index contributed by atoms with van der Waals surface area (Å²) in [5.74, 6) is -0.582. The molecule has 0 aromatic heterocycles. The Balaban J connectivity index is 1.56. The molecule has 1 aliphatic rings. The molecular weight excluding hydrogens is 389 g/mol. The Morgan fingerprint density at radius 1 is 1.00 bits per heavy atom. The second kappa shape index (κ2) is 8.50. The number of nitrogens with two attached hydrogens (primary N) is 1. The van der Waals surface area contributed by atoms with Gasteiger partial charge in [-0.2, -0.15) is 0 Å². The monoisotopic (exact) mass is 407 g/mol. The molecule has 2 amide bonds. The van der Waals surface area contributed by atoms with Gasteiger partial charge in [0.25, 0.3) is 11.8 Å². The van der Waals surface area contributed by atoms with Gasteiger partial charge in [-0.05, 0) is 36.4 Å². The fraction of sp³-hybridized carbons (Fsp3) is 0.263. The number of benzene rings is 2. The predicted molar refractivity (Wildman–Crippen MR) is 106 cm³/mol. The summed E-state index contributed by atoms with van der Waals surface area (Å²) in [6, 6.07) is 12.2. The molecule has 1 saturated heterocycles. The number of carbonyl (C=O) groups excluding carboxylic acids is 2. The number of hydrogen-bond donors (Lipinski definition) is 1. The number of ether oxygens (including phenoxy) is 1. The first-order chi connectivity index (χ1) is 12.9. The summed E-state index contributed by atoms with van der Waals surface area (Å²) in [7, 11) is 0. The van der Waals surface area contributed by atoms with Crippen molar-refractivity contribution < 1.29 is 14.3 Å². The number of anilines is 1. The molecular formula is C19H19Cl2N3O3. The van der Waals surface area contributed by atoms with Crippen molar-refractivity contribution in [3.63, 3.8) is 0 Å². The minimum atomic E-state index is -0.635.